The number of amides is 1. The van der Waals surface area contributed by atoms with E-state index in [0.717, 1.165) is 10.6 Å². The topological polar surface area (TPSA) is 84.9 Å². The molecule has 0 heterocycles. The summed E-state index contributed by atoms with van der Waals surface area (Å²) in [5.74, 6) is 0.694. The normalized spacial score (nSPS) is 11.2. The number of hydrogen-bond acceptors (Lipinski definition) is 5. The number of carbonyl (C=O) groups excluding carboxylic acids is 1. The van der Waals surface area contributed by atoms with Crippen LogP contribution in [0.4, 0.5) is 11.4 Å². The lowest BCUT2D eigenvalue weighted by Gasteiger charge is -2.23. The zero-order chi connectivity index (χ0) is 20.7. The maximum absolute atomic E-state index is 12.5. The average molecular weight is 407 g/mol. The van der Waals surface area contributed by atoms with Gasteiger partial charge in [-0.2, -0.15) is 0 Å². The number of carbonyl (C=O) groups is 1. The molecule has 0 aromatic heterocycles. The molecule has 0 aliphatic rings. The highest BCUT2D eigenvalue weighted by molar-refractivity contribution is 7.92. The molecule has 0 spiro atoms. The van der Waals surface area contributed by atoms with Crippen LogP contribution in [0.5, 0.6) is 11.5 Å². The number of anilines is 2. The van der Waals surface area contributed by atoms with Gasteiger partial charge >= 0.3 is 0 Å². The van der Waals surface area contributed by atoms with Gasteiger partial charge in [-0.15, -0.1) is 0 Å². The van der Waals surface area contributed by atoms with Crippen LogP contribution in [0.1, 0.15) is 20.8 Å². The molecule has 0 fully saturated rings. The van der Waals surface area contributed by atoms with Crippen LogP contribution in [0, 0.1) is 0 Å². The molecule has 2 aromatic carbocycles. The Kier molecular flexibility index (Phi) is 7.28. The Morgan fingerprint density at radius 2 is 1.79 bits per heavy atom. The van der Waals surface area contributed by atoms with Gasteiger partial charge in [0.2, 0.25) is 15.9 Å². The first-order chi connectivity index (χ1) is 13.2. The van der Waals surface area contributed by atoms with Crippen LogP contribution in [0.2, 0.25) is 0 Å². The Balaban J connectivity index is 2.19. The minimum atomic E-state index is -3.68. The Labute approximate surface area is 166 Å². The number of ether oxygens (including phenoxy) is 2. The number of hydrogen-bond donors (Lipinski definition) is 1. The summed E-state index contributed by atoms with van der Waals surface area (Å²) in [5, 5.41) is 2.70. The van der Waals surface area contributed by atoms with Crippen molar-refractivity contribution in [3.63, 3.8) is 0 Å². The summed E-state index contributed by atoms with van der Waals surface area (Å²) < 4.78 is 36.6. The highest BCUT2D eigenvalue weighted by Gasteiger charge is 2.21. The summed E-state index contributed by atoms with van der Waals surface area (Å²) in [7, 11) is -3.68. The highest BCUT2D eigenvalue weighted by atomic mass is 32.2. The SMILES string of the molecule is CCOc1cccc(NC(=O)CN(c2cccc(OC(C)C)c2)S(C)(=O)=O)c1. The molecule has 0 saturated heterocycles. The van der Waals surface area contributed by atoms with E-state index in [1.54, 1.807) is 48.5 Å². The van der Waals surface area contributed by atoms with Gasteiger partial charge in [-0.3, -0.25) is 9.10 Å². The number of nitrogens with one attached hydrogen (secondary N) is 1. The van der Waals surface area contributed by atoms with Crippen molar-refractivity contribution >= 4 is 27.3 Å². The fraction of sp³-hybridized carbons (Fsp3) is 0.350. The lowest BCUT2D eigenvalue weighted by Crippen LogP contribution is -2.37. The minimum Gasteiger partial charge on any atom is -0.494 e. The predicted molar refractivity (Wildman–Crippen MR) is 111 cm³/mol. The van der Waals surface area contributed by atoms with E-state index in [9.17, 15) is 13.2 Å². The second kappa shape index (κ2) is 9.45. The van der Waals surface area contributed by atoms with Crippen LogP contribution in [-0.4, -0.2) is 39.8 Å². The third-order valence-electron chi connectivity index (χ3n) is 3.59. The summed E-state index contributed by atoms with van der Waals surface area (Å²) in [5.41, 5.74) is 0.889. The van der Waals surface area contributed by atoms with E-state index in [0.29, 0.717) is 29.5 Å². The van der Waals surface area contributed by atoms with Crippen molar-refractivity contribution in [2.24, 2.45) is 0 Å². The molecule has 0 aliphatic heterocycles. The first kappa shape index (κ1) is 21.6. The van der Waals surface area contributed by atoms with E-state index in [1.807, 2.05) is 20.8 Å². The van der Waals surface area contributed by atoms with Crippen LogP contribution in [-0.2, 0) is 14.8 Å². The van der Waals surface area contributed by atoms with E-state index in [4.69, 9.17) is 9.47 Å². The third-order valence-corrected chi connectivity index (χ3v) is 4.73. The summed E-state index contributed by atoms with van der Waals surface area (Å²) in [6.45, 7) is 5.78. The van der Waals surface area contributed by atoms with E-state index in [1.165, 1.54) is 0 Å². The summed E-state index contributed by atoms with van der Waals surface area (Å²) in [6.07, 6.45) is 1.01. The number of sulfonamides is 1. The van der Waals surface area contributed by atoms with Crippen molar-refractivity contribution in [2.75, 3.05) is 29.0 Å². The lowest BCUT2D eigenvalue weighted by molar-refractivity contribution is -0.114. The first-order valence-electron chi connectivity index (χ1n) is 8.96. The number of rotatable bonds is 9. The van der Waals surface area contributed by atoms with E-state index in [-0.39, 0.29) is 12.6 Å². The third kappa shape index (κ3) is 6.45. The average Bonchev–Trinajstić information content (AvgIpc) is 2.59. The van der Waals surface area contributed by atoms with E-state index >= 15 is 0 Å². The van der Waals surface area contributed by atoms with Gasteiger partial charge in [0.1, 0.15) is 18.0 Å². The van der Waals surface area contributed by atoms with Crippen LogP contribution < -0.4 is 19.1 Å². The van der Waals surface area contributed by atoms with Crippen molar-refractivity contribution in [1.29, 1.82) is 0 Å². The van der Waals surface area contributed by atoms with Gasteiger partial charge in [-0.25, -0.2) is 8.42 Å². The quantitative estimate of drug-likeness (QED) is 0.691. The van der Waals surface area contributed by atoms with Crippen molar-refractivity contribution in [3.05, 3.63) is 48.5 Å². The Bertz CT molecular complexity index is 912. The molecule has 8 heteroatoms. The van der Waals surface area contributed by atoms with Gasteiger partial charge in [0.15, 0.2) is 0 Å². The van der Waals surface area contributed by atoms with Crippen molar-refractivity contribution in [1.82, 2.24) is 0 Å². The zero-order valence-electron chi connectivity index (χ0n) is 16.5. The van der Waals surface area contributed by atoms with Crippen LogP contribution in [0.25, 0.3) is 0 Å². The van der Waals surface area contributed by atoms with E-state index < -0.39 is 15.9 Å². The second-order valence-electron chi connectivity index (χ2n) is 6.44. The lowest BCUT2D eigenvalue weighted by atomic mass is 10.3. The van der Waals surface area contributed by atoms with Crippen molar-refractivity contribution in [2.45, 2.75) is 26.9 Å². The van der Waals surface area contributed by atoms with Gasteiger partial charge in [0, 0.05) is 17.8 Å². The molecule has 0 aliphatic carbocycles. The number of nitrogens with zero attached hydrogens (tertiary/aromatic N) is 1. The second-order valence-corrected chi connectivity index (χ2v) is 8.35. The Morgan fingerprint density at radius 3 is 2.43 bits per heavy atom. The fourth-order valence-electron chi connectivity index (χ4n) is 2.55. The molecule has 1 N–H and O–H groups in total. The van der Waals surface area contributed by atoms with Crippen LogP contribution >= 0.6 is 0 Å². The molecule has 0 radical (unpaired) electrons. The maximum Gasteiger partial charge on any atom is 0.245 e. The molecule has 152 valence electrons. The Hall–Kier alpha value is -2.74. The predicted octanol–water partition coefficient (Wildman–Crippen LogP) is 3.28. The van der Waals surface area contributed by atoms with Gasteiger partial charge in [0.05, 0.1) is 24.7 Å². The van der Waals surface area contributed by atoms with Gasteiger partial charge in [0.25, 0.3) is 0 Å². The largest absolute Gasteiger partial charge is 0.494 e. The minimum absolute atomic E-state index is 0.0529. The number of benzene rings is 2. The summed E-state index contributed by atoms with van der Waals surface area (Å²) >= 11 is 0. The first-order valence-corrected chi connectivity index (χ1v) is 10.8. The molecule has 7 nitrogen and oxygen atoms in total. The zero-order valence-corrected chi connectivity index (χ0v) is 17.3. The maximum atomic E-state index is 12.5. The summed E-state index contributed by atoms with van der Waals surface area (Å²) in [4.78, 5) is 12.5. The molecular weight excluding hydrogens is 380 g/mol. The Morgan fingerprint density at radius 1 is 1.11 bits per heavy atom. The van der Waals surface area contributed by atoms with E-state index in [2.05, 4.69) is 5.32 Å². The standard InChI is InChI=1S/C20H26N2O5S/c1-5-26-18-10-6-8-16(12-18)21-20(23)14-22(28(4,24)25)17-9-7-11-19(13-17)27-15(2)3/h6-13,15H,5,14H2,1-4H3,(H,21,23). The van der Waals surface area contributed by atoms with Gasteiger partial charge in [-0.05, 0) is 45.0 Å². The monoisotopic (exact) mass is 406 g/mol. The van der Waals surface area contributed by atoms with Crippen LogP contribution in [0.3, 0.4) is 0 Å². The molecule has 0 bridgehead atoms. The molecule has 0 unspecified atom stereocenters. The smallest absolute Gasteiger partial charge is 0.245 e. The summed E-state index contributed by atoms with van der Waals surface area (Å²) in [6, 6.07) is 13.6. The molecule has 2 aromatic rings. The van der Waals surface area contributed by atoms with Gasteiger partial charge < -0.3 is 14.8 Å². The molecule has 1 amide bonds. The molecule has 0 atom stereocenters. The molecular formula is C20H26N2O5S. The molecule has 2 rings (SSSR count). The van der Waals surface area contributed by atoms with Gasteiger partial charge in [-0.1, -0.05) is 12.1 Å². The van der Waals surface area contributed by atoms with Crippen molar-refractivity contribution in [3.8, 4) is 11.5 Å². The molecule has 28 heavy (non-hydrogen) atoms. The molecule has 0 saturated carbocycles. The van der Waals surface area contributed by atoms with Crippen molar-refractivity contribution < 1.29 is 22.7 Å². The highest BCUT2D eigenvalue weighted by Crippen LogP contribution is 2.24. The fourth-order valence-corrected chi connectivity index (χ4v) is 3.39. The van der Waals surface area contributed by atoms with Crippen LogP contribution in [0.15, 0.2) is 48.5 Å².